The van der Waals surface area contributed by atoms with Crippen LogP contribution < -0.4 is 14.8 Å². The molecule has 0 bridgehead atoms. The third-order valence-corrected chi connectivity index (χ3v) is 2.97. The van der Waals surface area contributed by atoms with Crippen molar-refractivity contribution in [1.82, 2.24) is 5.32 Å². The third kappa shape index (κ3) is 4.53. The summed E-state index contributed by atoms with van der Waals surface area (Å²) in [5, 5.41) is 11.7. The number of benzene rings is 1. The van der Waals surface area contributed by atoms with Crippen LogP contribution in [0.25, 0.3) is 0 Å². The zero-order valence-corrected chi connectivity index (χ0v) is 12.9. The number of carbonyl (C=O) groups excluding carboxylic acids is 1. The van der Waals surface area contributed by atoms with E-state index in [1.54, 1.807) is 6.92 Å². The molecule has 0 aromatic heterocycles. The van der Waals surface area contributed by atoms with Crippen molar-refractivity contribution in [1.29, 1.82) is 0 Å². The minimum absolute atomic E-state index is 0.0210. The van der Waals surface area contributed by atoms with Gasteiger partial charge in [-0.3, -0.25) is 4.79 Å². The van der Waals surface area contributed by atoms with Crippen LogP contribution in [-0.2, 0) is 4.79 Å². The molecule has 0 fully saturated rings. The number of methoxy groups -OCH3 is 1. The van der Waals surface area contributed by atoms with Gasteiger partial charge in [-0.25, -0.2) is 4.79 Å². The molecule has 1 aromatic carbocycles. The Morgan fingerprint density at radius 1 is 1.43 bits per heavy atom. The van der Waals surface area contributed by atoms with Gasteiger partial charge in [-0.15, -0.1) is 0 Å². The Kier molecular flexibility index (Phi) is 6.30. The Morgan fingerprint density at radius 3 is 2.62 bits per heavy atom. The Bertz CT molecular complexity index is 532. The van der Waals surface area contributed by atoms with E-state index >= 15 is 0 Å². The smallest absolute Gasteiger partial charge is 0.335 e. The second-order valence-electron chi connectivity index (χ2n) is 4.35. The van der Waals surface area contributed by atoms with Gasteiger partial charge in [0.15, 0.2) is 17.6 Å². The molecule has 0 spiro atoms. The van der Waals surface area contributed by atoms with Crippen LogP contribution in [0.5, 0.6) is 11.5 Å². The lowest BCUT2D eigenvalue weighted by molar-refractivity contribution is -0.127. The van der Waals surface area contributed by atoms with Gasteiger partial charge < -0.3 is 19.9 Å². The van der Waals surface area contributed by atoms with Crippen molar-refractivity contribution >= 4 is 23.5 Å². The molecule has 0 heterocycles. The third-order valence-electron chi connectivity index (χ3n) is 2.69. The monoisotopic (exact) mass is 315 g/mol. The molecule has 0 saturated heterocycles. The van der Waals surface area contributed by atoms with E-state index in [-0.39, 0.29) is 28.0 Å². The Labute approximate surface area is 128 Å². The van der Waals surface area contributed by atoms with Crippen LogP contribution in [0.3, 0.4) is 0 Å². The standard InChI is InChI=1S/C14H18ClNO5/c1-4-5-16-13(17)8(2)21-12-10(15)6-9(14(18)19)7-11(12)20-3/h6-8H,4-5H2,1-3H3,(H,16,17)(H,18,19). The molecule has 0 aliphatic carbocycles. The molecular weight excluding hydrogens is 298 g/mol. The van der Waals surface area contributed by atoms with Gasteiger partial charge in [0.25, 0.3) is 5.91 Å². The molecule has 6 nitrogen and oxygen atoms in total. The highest BCUT2D eigenvalue weighted by Crippen LogP contribution is 2.37. The van der Waals surface area contributed by atoms with Crippen molar-refractivity contribution in [3.05, 3.63) is 22.7 Å². The van der Waals surface area contributed by atoms with Gasteiger partial charge in [0.05, 0.1) is 17.7 Å². The fourth-order valence-electron chi connectivity index (χ4n) is 1.58. The lowest BCUT2D eigenvalue weighted by Crippen LogP contribution is -2.36. The SMILES string of the molecule is CCCNC(=O)C(C)Oc1c(Cl)cc(C(=O)O)cc1OC. The maximum atomic E-state index is 11.8. The van der Waals surface area contributed by atoms with Crippen molar-refractivity contribution in [2.45, 2.75) is 26.4 Å². The second-order valence-corrected chi connectivity index (χ2v) is 4.75. The van der Waals surface area contributed by atoms with Crippen LogP contribution in [0.1, 0.15) is 30.6 Å². The summed E-state index contributed by atoms with van der Waals surface area (Å²) < 4.78 is 10.6. The van der Waals surface area contributed by atoms with E-state index in [1.807, 2.05) is 6.92 Å². The molecule has 1 rings (SSSR count). The number of aromatic carboxylic acids is 1. The number of carbonyl (C=O) groups is 2. The highest BCUT2D eigenvalue weighted by molar-refractivity contribution is 6.32. The predicted molar refractivity (Wildman–Crippen MR) is 78.4 cm³/mol. The number of rotatable bonds is 7. The zero-order chi connectivity index (χ0) is 16.0. The maximum Gasteiger partial charge on any atom is 0.335 e. The van der Waals surface area contributed by atoms with E-state index in [4.69, 9.17) is 26.2 Å². The molecule has 1 unspecified atom stereocenters. The molecule has 0 radical (unpaired) electrons. The van der Waals surface area contributed by atoms with Gasteiger partial charge in [-0.2, -0.15) is 0 Å². The van der Waals surface area contributed by atoms with Gasteiger partial charge >= 0.3 is 5.97 Å². The van der Waals surface area contributed by atoms with E-state index in [9.17, 15) is 9.59 Å². The molecule has 1 amide bonds. The number of carboxylic acids is 1. The highest BCUT2D eigenvalue weighted by atomic mass is 35.5. The van der Waals surface area contributed by atoms with Crippen molar-refractivity contribution in [3.8, 4) is 11.5 Å². The minimum Gasteiger partial charge on any atom is -0.493 e. The largest absolute Gasteiger partial charge is 0.493 e. The highest BCUT2D eigenvalue weighted by Gasteiger charge is 2.20. The molecule has 2 N–H and O–H groups in total. The maximum absolute atomic E-state index is 11.8. The number of ether oxygens (including phenoxy) is 2. The van der Waals surface area contributed by atoms with Crippen molar-refractivity contribution in [3.63, 3.8) is 0 Å². The summed E-state index contributed by atoms with van der Waals surface area (Å²) in [7, 11) is 1.37. The normalized spacial score (nSPS) is 11.6. The topological polar surface area (TPSA) is 84.9 Å². The number of halogens is 1. The lowest BCUT2D eigenvalue weighted by atomic mass is 10.2. The molecule has 21 heavy (non-hydrogen) atoms. The van der Waals surface area contributed by atoms with Crippen molar-refractivity contribution in [2.24, 2.45) is 0 Å². The van der Waals surface area contributed by atoms with Crippen molar-refractivity contribution in [2.75, 3.05) is 13.7 Å². The quantitative estimate of drug-likeness (QED) is 0.806. The average molecular weight is 316 g/mol. The molecule has 0 aliphatic rings. The summed E-state index contributed by atoms with van der Waals surface area (Å²) in [5.74, 6) is -1.11. The van der Waals surface area contributed by atoms with Gasteiger partial charge in [0, 0.05) is 6.54 Å². The Hall–Kier alpha value is -1.95. The molecule has 0 aliphatic heterocycles. The Balaban J connectivity index is 2.97. The van der Waals surface area contributed by atoms with Crippen LogP contribution in [0.15, 0.2) is 12.1 Å². The van der Waals surface area contributed by atoms with E-state index in [2.05, 4.69) is 5.32 Å². The summed E-state index contributed by atoms with van der Waals surface area (Å²) >= 11 is 6.01. The molecule has 116 valence electrons. The number of carboxylic acid groups (broad SMARTS) is 1. The molecular formula is C14H18ClNO5. The van der Waals surface area contributed by atoms with Crippen LogP contribution in [-0.4, -0.2) is 36.7 Å². The fourth-order valence-corrected chi connectivity index (χ4v) is 1.84. The summed E-state index contributed by atoms with van der Waals surface area (Å²) in [6.45, 7) is 4.07. The zero-order valence-electron chi connectivity index (χ0n) is 12.1. The number of hydrogen-bond donors (Lipinski definition) is 2. The minimum atomic E-state index is -1.13. The predicted octanol–water partition coefficient (Wildman–Crippen LogP) is 2.34. The van der Waals surface area contributed by atoms with Gasteiger partial charge in [0.2, 0.25) is 0 Å². The Morgan fingerprint density at radius 2 is 2.10 bits per heavy atom. The fraction of sp³-hybridized carbons (Fsp3) is 0.429. The lowest BCUT2D eigenvalue weighted by Gasteiger charge is -2.18. The summed E-state index contributed by atoms with van der Waals surface area (Å²) in [5.41, 5.74) is -0.0210. The van der Waals surface area contributed by atoms with E-state index < -0.39 is 12.1 Å². The van der Waals surface area contributed by atoms with Gasteiger partial charge in [0.1, 0.15) is 0 Å². The summed E-state index contributed by atoms with van der Waals surface area (Å²) in [6.07, 6.45) is 0.0363. The first kappa shape index (κ1) is 17.1. The molecule has 0 saturated carbocycles. The first-order valence-corrected chi connectivity index (χ1v) is 6.83. The van der Waals surface area contributed by atoms with Gasteiger partial charge in [-0.05, 0) is 25.5 Å². The van der Waals surface area contributed by atoms with Crippen LogP contribution >= 0.6 is 11.6 Å². The summed E-state index contributed by atoms with van der Waals surface area (Å²) in [6, 6.07) is 2.54. The van der Waals surface area contributed by atoms with E-state index in [0.717, 1.165) is 6.42 Å². The number of nitrogens with one attached hydrogen (secondary N) is 1. The first-order chi connectivity index (χ1) is 9.90. The van der Waals surface area contributed by atoms with Crippen molar-refractivity contribution < 1.29 is 24.2 Å². The summed E-state index contributed by atoms with van der Waals surface area (Å²) in [4.78, 5) is 22.7. The van der Waals surface area contributed by atoms with Crippen LogP contribution in [0.2, 0.25) is 5.02 Å². The van der Waals surface area contributed by atoms with Gasteiger partial charge in [-0.1, -0.05) is 18.5 Å². The molecule has 1 aromatic rings. The van der Waals surface area contributed by atoms with E-state index in [1.165, 1.54) is 19.2 Å². The number of hydrogen-bond acceptors (Lipinski definition) is 4. The van der Waals surface area contributed by atoms with E-state index in [0.29, 0.717) is 6.54 Å². The van der Waals surface area contributed by atoms with Crippen LogP contribution in [0.4, 0.5) is 0 Å². The van der Waals surface area contributed by atoms with Crippen LogP contribution in [0, 0.1) is 0 Å². The second kappa shape index (κ2) is 7.73. The number of amides is 1. The average Bonchev–Trinajstić information content (AvgIpc) is 2.45. The molecule has 7 heteroatoms. The molecule has 1 atom stereocenters. The first-order valence-electron chi connectivity index (χ1n) is 6.45.